The number of hydrogen-bond donors (Lipinski definition) is 1. The van der Waals surface area contributed by atoms with E-state index in [2.05, 4.69) is 13.0 Å². The minimum absolute atomic E-state index is 0.0280. The maximum Gasteiger partial charge on any atom is 0.227 e. The second-order valence-electron chi connectivity index (χ2n) is 6.96. The second-order valence-corrected chi connectivity index (χ2v) is 6.96. The quantitative estimate of drug-likeness (QED) is 0.787. The zero-order valence-corrected chi connectivity index (χ0v) is 16.2. The molecule has 2 aromatic rings. The van der Waals surface area contributed by atoms with Crippen molar-refractivity contribution in [1.82, 2.24) is 4.90 Å². The first-order valence-corrected chi connectivity index (χ1v) is 9.16. The standard InChI is InChI=1S/C22H30N2O2/c1-16(14-20-12-8-9-13-21(20)26-4)24(22(25)17(2)18(3)23)15-19-10-6-5-7-11-19/h5-13,16-18H,14-15,23H2,1-4H3. The van der Waals surface area contributed by atoms with Gasteiger partial charge in [0.05, 0.1) is 13.0 Å². The minimum Gasteiger partial charge on any atom is -0.496 e. The van der Waals surface area contributed by atoms with Gasteiger partial charge in [0, 0.05) is 18.6 Å². The van der Waals surface area contributed by atoms with Crippen molar-refractivity contribution in [2.24, 2.45) is 11.7 Å². The molecule has 4 heteroatoms. The van der Waals surface area contributed by atoms with Crippen molar-refractivity contribution in [3.8, 4) is 5.75 Å². The van der Waals surface area contributed by atoms with Gasteiger partial charge in [-0.1, -0.05) is 55.5 Å². The fraction of sp³-hybridized carbons (Fsp3) is 0.409. The molecular formula is C22H30N2O2. The van der Waals surface area contributed by atoms with Crippen LogP contribution in [0, 0.1) is 5.92 Å². The van der Waals surface area contributed by atoms with Crippen LogP contribution >= 0.6 is 0 Å². The zero-order valence-electron chi connectivity index (χ0n) is 16.2. The predicted molar refractivity (Wildman–Crippen MR) is 106 cm³/mol. The molecule has 1 amide bonds. The Hall–Kier alpha value is -2.33. The van der Waals surface area contributed by atoms with Gasteiger partial charge in [-0.05, 0) is 37.5 Å². The Balaban J connectivity index is 2.25. The van der Waals surface area contributed by atoms with Crippen LogP contribution in [0.5, 0.6) is 5.75 Å². The summed E-state index contributed by atoms with van der Waals surface area (Å²) in [7, 11) is 1.68. The lowest BCUT2D eigenvalue weighted by atomic mass is 9.98. The molecule has 0 radical (unpaired) electrons. The normalized spacial score (nSPS) is 14.3. The summed E-state index contributed by atoms with van der Waals surface area (Å²) < 4.78 is 5.47. The van der Waals surface area contributed by atoms with E-state index in [1.807, 2.05) is 67.3 Å². The minimum atomic E-state index is -0.223. The monoisotopic (exact) mass is 354 g/mol. The summed E-state index contributed by atoms with van der Waals surface area (Å²) in [6, 6.07) is 17.9. The first kappa shape index (κ1) is 20.0. The van der Waals surface area contributed by atoms with E-state index in [9.17, 15) is 4.79 Å². The first-order valence-electron chi connectivity index (χ1n) is 9.16. The van der Waals surface area contributed by atoms with Crippen molar-refractivity contribution in [1.29, 1.82) is 0 Å². The number of hydrogen-bond acceptors (Lipinski definition) is 3. The summed E-state index contributed by atoms with van der Waals surface area (Å²) >= 11 is 0. The van der Waals surface area contributed by atoms with Crippen molar-refractivity contribution >= 4 is 5.91 Å². The summed E-state index contributed by atoms with van der Waals surface area (Å²) in [6.07, 6.45) is 0.730. The molecule has 2 N–H and O–H groups in total. The molecule has 0 aliphatic heterocycles. The molecule has 0 aromatic heterocycles. The third-order valence-electron chi connectivity index (χ3n) is 4.90. The Morgan fingerprint density at radius 1 is 1.04 bits per heavy atom. The highest BCUT2D eigenvalue weighted by Gasteiger charge is 2.27. The highest BCUT2D eigenvalue weighted by molar-refractivity contribution is 5.79. The SMILES string of the molecule is COc1ccccc1CC(C)N(Cc1ccccc1)C(=O)C(C)C(C)N. The highest BCUT2D eigenvalue weighted by Crippen LogP contribution is 2.23. The molecule has 26 heavy (non-hydrogen) atoms. The van der Waals surface area contributed by atoms with E-state index < -0.39 is 0 Å². The first-order chi connectivity index (χ1) is 12.4. The van der Waals surface area contributed by atoms with Crippen LogP contribution in [0.3, 0.4) is 0 Å². The van der Waals surface area contributed by atoms with Gasteiger partial charge in [-0.25, -0.2) is 0 Å². The molecule has 3 unspecified atom stereocenters. The number of para-hydroxylation sites is 1. The van der Waals surface area contributed by atoms with Gasteiger partial charge in [-0.3, -0.25) is 4.79 Å². The largest absolute Gasteiger partial charge is 0.496 e. The van der Waals surface area contributed by atoms with Gasteiger partial charge in [0.25, 0.3) is 0 Å². The van der Waals surface area contributed by atoms with E-state index in [-0.39, 0.29) is 23.9 Å². The molecule has 3 atom stereocenters. The van der Waals surface area contributed by atoms with Gasteiger partial charge in [-0.2, -0.15) is 0 Å². The second kappa shape index (κ2) is 9.39. The molecule has 2 aromatic carbocycles. The van der Waals surface area contributed by atoms with Gasteiger partial charge in [0.1, 0.15) is 5.75 Å². The molecule has 0 aliphatic carbocycles. The maximum absolute atomic E-state index is 13.1. The Morgan fingerprint density at radius 3 is 2.27 bits per heavy atom. The number of nitrogens with two attached hydrogens (primary N) is 1. The van der Waals surface area contributed by atoms with Crippen molar-refractivity contribution < 1.29 is 9.53 Å². The number of ether oxygens (including phenoxy) is 1. The molecule has 4 nitrogen and oxygen atoms in total. The molecule has 140 valence electrons. The van der Waals surface area contributed by atoms with Crippen molar-refractivity contribution in [2.75, 3.05) is 7.11 Å². The Labute approximate surface area is 157 Å². The van der Waals surface area contributed by atoms with Crippen molar-refractivity contribution in [2.45, 2.75) is 45.8 Å². The number of nitrogens with zero attached hydrogens (tertiary/aromatic N) is 1. The molecular weight excluding hydrogens is 324 g/mol. The molecule has 0 saturated heterocycles. The van der Waals surface area contributed by atoms with Crippen LogP contribution in [0.4, 0.5) is 0 Å². The molecule has 0 fully saturated rings. The lowest BCUT2D eigenvalue weighted by Crippen LogP contribution is -2.46. The van der Waals surface area contributed by atoms with Crippen LogP contribution in [0.15, 0.2) is 54.6 Å². The van der Waals surface area contributed by atoms with E-state index in [0.29, 0.717) is 6.54 Å². The Morgan fingerprint density at radius 2 is 1.65 bits per heavy atom. The number of carbonyl (C=O) groups is 1. The van der Waals surface area contributed by atoms with Gasteiger partial charge >= 0.3 is 0 Å². The van der Waals surface area contributed by atoms with Crippen LogP contribution in [0.2, 0.25) is 0 Å². The lowest BCUT2D eigenvalue weighted by molar-refractivity contribution is -0.138. The lowest BCUT2D eigenvalue weighted by Gasteiger charge is -2.33. The van der Waals surface area contributed by atoms with Crippen LogP contribution in [0.25, 0.3) is 0 Å². The predicted octanol–water partition coefficient (Wildman–Crippen LogP) is 3.64. The fourth-order valence-electron chi connectivity index (χ4n) is 3.02. The van der Waals surface area contributed by atoms with Crippen LogP contribution < -0.4 is 10.5 Å². The molecule has 0 aliphatic rings. The number of methoxy groups -OCH3 is 1. The summed E-state index contributed by atoms with van der Waals surface area (Å²) in [5, 5.41) is 0. The molecule has 0 heterocycles. The summed E-state index contributed by atoms with van der Waals surface area (Å²) in [5.74, 6) is 0.719. The van der Waals surface area contributed by atoms with E-state index in [1.54, 1.807) is 7.11 Å². The topological polar surface area (TPSA) is 55.6 Å². The van der Waals surface area contributed by atoms with E-state index in [1.165, 1.54) is 0 Å². The molecule has 0 bridgehead atoms. The number of benzene rings is 2. The van der Waals surface area contributed by atoms with Gasteiger partial charge < -0.3 is 15.4 Å². The average molecular weight is 354 g/mol. The van der Waals surface area contributed by atoms with Gasteiger partial charge in [-0.15, -0.1) is 0 Å². The molecule has 0 saturated carbocycles. The average Bonchev–Trinajstić information content (AvgIpc) is 2.66. The third kappa shape index (κ3) is 5.09. The number of rotatable bonds is 8. The Bertz CT molecular complexity index is 700. The van der Waals surface area contributed by atoms with Crippen LogP contribution in [-0.4, -0.2) is 30.0 Å². The summed E-state index contributed by atoms with van der Waals surface area (Å²) in [5.41, 5.74) is 8.21. The van der Waals surface area contributed by atoms with Crippen LogP contribution in [-0.2, 0) is 17.8 Å². The van der Waals surface area contributed by atoms with Gasteiger partial charge in [0.15, 0.2) is 0 Å². The zero-order chi connectivity index (χ0) is 19.1. The fourth-order valence-corrected chi connectivity index (χ4v) is 3.02. The smallest absolute Gasteiger partial charge is 0.227 e. The van der Waals surface area contributed by atoms with E-state index in [0.717, 1.165) is 23.3 Å². The molecule has 2 rings (SSSR count). The third-order valence-corrected chi connectivity index (χ3v) is 4.90. The Kier molecular flexibility index (Phi) is 7.22. The van der Waals surface area contributed by atoms with E-state index >= 15 is 0 Å². The number of amides is 1. The number of carbonyl (C=O) groups excluding carboxylic acids is 1. The summed E-state index contributed by atoms with van der Waals surface area (Å²) in [4.78, 5) is 15.0. The maximum atomic E-state index is 13.1. The van der Waals surface area contributed by atoms with Crippen LogP contribution in [0.1, 0.15) is 31.9 Å². The summed E-state index contributed by atoms with van der Waals surface area (Å²) in [6.45, 7) is 6.45. The van der Waals surface area contributed by atoms with Crippen molar-refractivity contribution in [3.05, 3.63) is 65.7 Å². The molecule has 0 spiro atoms. The van der Waals surface area contributed by atoms with E-state index in [4.69, 9.17) is 10.5 Å². The highest BCUT2D eigenvalue weighted by atomic mass is 16.5. The van der Waals surface area contributed by atoms with Gasteiger partial charge in [0.2, 0.25) is 5.91 Å². The van der Waals surface area contributed by atoms with Crippen molar-refractivity contribution in [3.63, 3.8) is 0 Å².